The zero-order chi connectivity index (χ0) is 17.9. The van der Waals surface area contributed by atoms with Crippen LogP contribution >= 0.6 is 0 Å². The first-order chi connectivity index (χ1) is 10.7. The highest BCUT2D eigenvalue weighted by Gasteiger charge is 2.20. The Morgan fingerprint density at radius 3 is 2.26 bits per heavy atom. The van der Waals surface area contributed by atoms with Gasteiger partial charge in [0.1, 0.15) is 0 Å². The number of carbonyl (C=O) groups excluding carboxylic acids is 1. The number of nitrogens with zero attached hydrogens (tertiary/aromatic N) is 1. The Hall–Kier alpha value is -1.26. The number of rotatable bonds is 9. The van der Waals surface area contributed by atoms with Gasteiger partial charge in [-0.1, -0.05) is 47.5 Å². The summed E-state index contributed by atoms with van der Waals surface area (Å²) < 4.78 is 0. The molecular formula is C18H38N4O. The number of hydrogen-bond acceptors (Lipinski definition) is 2. The van der Waals surface area contributed by atoms with Gasteiger partial charge in [0.05, 0.1) is 6.54 Å². The van der Waals surface area contributed by atoms with Gasteiger partial charge in [0.2, 0.25) is 5.91 Å². The molecule has 5 nitrogen and oxygen atoms in total. The molecule has 0 saturated carbocycles. The van der Waals surface area contributed by atoms with E-state index in [4.69, 9.17) is 0 Å². The SMILES string of the molecule is CCNC(=NCCNC(=O)C(C)(C)C)NC(C)CCCC(C)C. The van der Waals surface area contributed by atoms with E-state index in [9.17, 15) is 4.79 Å². The van der Waals surface area contributed by atoms with E-state index in [2.05, 4.69) is 48.6 Å². The monoisotopic (exact) mass is 326 g/mol. The fourth-order valence-electron chi connectivity index (χ4n) is 2.06. The molecule has 1 unspecified atom stereocenters. The lowest BCUT2D eigenvalue weighted by Gasteiger charge is -2.19. The topological polar surface area (TPSA) is 65.5 Å². The van der Waals surface area contributed by atoms with Crippen molar-refractivity contribution in [1.29, 1.82) is 0 Å². The first-order valence-corrected chi connectivity index (χ1v) is 9.00. The molecule has 0 bridgehead atoms. The fourth-order valence-corrected chi connectivity index (χ4v) is 2.06. The van der Waals surface area contributed by atoms with Gasteiger partial charge in [-0.05, 0) is 26.2 Å². The molecule has 0 saturated heterocycles. The van der Waals surface area contributed by atoms with Crippen LogP contribution in [0, 0.1) is 11.3 Å². The van der Waals surface area contributed by atoms with Crippen molar-refractivity contribution in [1.82, 2.24) is 16.0 Å². The van der Waals surface area contributed by atoms with E-state index in [1.807, 2.05) is 20.8 Å². The Morgan fingerprint density at radius 2 is 1.74 bits per heavy atom. The van der Waals surface area contributed by atoms with Crippen LogP contribution in [0.25, 0.3) is 0 Å². The molecule has 0 fully saturated rings. The van der Waals surface area contributed by atoms with Crippen molar-refractivity contribution in [3.05, 3.63) is 0 Å². The van der Waals surface area contributed by atoms with Gasteiger partial charge in [-0.25, -0.2) is 0 Å². The van der Waals surface area contributed by atoms with Crippen LogP contribution in [0.5, 0.6) is 0 Å². The van der Waals surface area contributed by atoms with E-state index < -0.39 is 0 Å². The third-order valence-electron chi connectivity index (χ3n) is 3.49. The Balaban J connectivity index is 4.20. The minimum absolute atomic E-state index is 0.0627. The molecule has 23 heavy (non-hydrogen) atoms. The molecule has 0 aromatic carbocycles. The number of amides is 1. The number of nitrogens with one attached hydrogen (secondary N) is 3. The second-order valence-electron chi connectivity index (χ2n) is 7.64. The van der Waals surface area contributed by atoms with Gasteiger partial charge in [-0.15, -0.1) is 0 Å². The van der Waals surface area contributed by atoms with E-state index in [1.54, 1.807) is 0 Å². The minimum atomic E-state index is -0.350. The van der Waals surface area contributed by atoms with Gasteiger partial charge in [0, 0.05) is 24.5 Å². The summed E-state index contributed by atoms with van der Waals surface area (Å²) in [7, 11) is 0. The first-order valence-electron chi connectivity index (χ1n) is 9.00. The van der Waals surface area contributed by atoms with Crippen LogP contribution in [0.3, 0.4) is 0 Å². The van der Waals surface area contributed by atoms with E-state index in [0.717, 1.165) is 24.8 Å². The van der Waals surface area contributed by atoms with Gasteiger partial charge >= 0.3 is 0 Å². The maximum atomic E-state index is 11.8. The zero-order valence-electron chi connectivity index (χ0n) is 16.3. The fraction of sp³-hybridized carbons (Fsp3) is 0.889. The molecule has 136 valence electrons. The van der Waals surface area contributed by atoms with Gasteiger partial charge in [0.25, 0.3) is 0 Å². The van der Waals surface area contributed by atoms with Crippen molar-refractivity contribution in [2.45, 2.75) is 73.8 Å². The third-order valence-corrected chi connectivity index (χ3v) is 3.49. The van der Waals surface area contributed by atoms with Crippen LogP contribution in [-0.4, -0.2) is 37.5 Å². The van der Waals surface area contributed by atoms with Gasteiger partial charge in [-0.2, -0.15) is 0 Å². The van der Waals surface area contributed by atoms with Crippen molar-refractivity contribution >= 4 is 11.9 Å². The molecule has 0 rings (SSSR count). The minimum Gasteiger partial charge on any atom is -0.357 e. The largest absolute Gasteiger partial charge is 0.357 e. The molecule has 0 radical (unpaired) electrons. The predicted molar refractivity (Wildman–Crippen MR) is 99.7 cm³/mol. The molecule has 0 aliphatic heterocycles. The molecule has 0 aromatic rings. The number of aliphatic imine (C=N–C) groups is 1. The van der Waals surface area contributed by atoms with Crippen LogP contribution in [0.4, 0.5) is 0 Å². The van der Waals surface area contributed by atoms with Gasteiger partial charge < -0.3 is 16.0 Å². The molecule has 0 heterocycles. The standard InChI is InChI=1S/C18H38N4O/c1-8-19-17(22-15(4)11-9-10-14(2)3)21-13-12-20-16(23)18(5,6)7/h14-15H,8-13H2,1-7H3,(H,20,23)(H2,19,21,22). The zero-order valence-corrected chi connectivity index (χ0v) is 16.3. The normalized spacial score (nSPS) is 13.8. The van der Waals surface area contributed by atoms with Crippen molar-refractivity contribution in [3.63, 3.8) is 0 Å². The Labute approximate surface area is 143 Å². The average molecular weight is 327 g/mol. The molecule has 0 aliphatic rings. The summed E-state index contributed by atoms with van der Waals surface area (Å²) in [6.45, 7) is 16.5. The Bertz CT molecular complexity index is 359. The molecule has 1 atom stereocenters. The van der Waals surface area contributed by atoms with Crippen molar-refractivity contribution in [2.75, 3.05) is 19.6 Å². The first kappa shape index (κ1) is 21.7. The summed E-state index contributed by atoms with van der Waals surface area (Å²) >= 11 is 0. The highest BCUT2D eigenvalue weighted by molar-refractivity contribution is 5.81. The lowest BCUT2D eigenvalue weighted by atomic mass is 9.96. The average Bonchev–Trinajstić information content (AvgIpc) is 2.41. The van der Waals surface area contributed by atoms with Crippen molar-refractivity contribution < 1.29 is 4.79 Å². The van der Waals surface area contributed by atoms with Crippen LogP contribution in [0.15, 0.2) is 4.99 Å². The van der Waals surface area contributed by atoms with Gasteiger partial charge in [0.15, 0.2) is 5.96 Å². The molecule has 3 N–H and O–H groups in total. The van der Waals surface area contributed by atoms with E-state index >= 15 is 0 Å². The second kappa shape index (κ2) is 11.3. The predicted octanol–water partition coefficient (Wildman–Crippen LogP) is 2.92. The summed E-state index contributed by atoms with van der Waals surface area (Å²) in [6.07, 6.45) is 3.63. The molecule has 5 heteroatoms. The van der Waals surface area contributed by atoms with Crippen LogP contribution in [0.1, 0.15) is 67.7 Å². The van der Waals surface area contributed by atoms with Crippen LogP contribution < -0.4 is 16.0 Å². The van der Waals surface area contributed by atoms with Crippen LogP contribution in [0.2, 0.25) is 0 Å². The maximum Gasteiger partial charge on any atom is 0.225 e. The van der Waals surface area contributed by atoms with Crippen molar-refractivity contribution in [2.24, 2.45) is 16.3 Å². The quantitative estimate of drug-likeness (QED) is 0.347. The second-order valence-corrected chi connectivity index (χ2v) is 7.64. The molecule has 0 aliphatic carbocycles. The summed E-state index contributed by atoms with van der Waals surface area (Å²) in [4.78, 5) is 16.3. The van der Waals surface area contributed by atoms with E-state index in [1.165, 1.54) is 12.8 Å². The highest BCUT2D eigenvalue weighted by Crippen LogP contribution is 2.11. The summed E-state index contributed by atoms with van der Waals surface area (Å²) in [6, 6.07) is 0.399. The molecule has 0 aromatic heterocycles. The third kappa shape index (κ3) is 11.9. The number of hydrogen-bond donors (Lipinski definition) is 3. The Morgan fingerprint density at radius 1 is 1.09 bits per heavy atom. The summed E-state index contributed by atoms with van der Waals surface area (Å²) in [5, 5.41) is 9.61. The summed E-state index contributed by atoms with van der Waals surface area (Å²) in [5.74, 6) is 1.65. The smallest absolute Gasteiger partial charge is 0.225 e. The molecule has 0 spiro atoms. The highest BCUT2D eigenvalue weighted by atomic mass is 16.2. The van der Waals surface area contributed by atoms with Crippen molar-refractivity contribution in [3.8, 4) is 0 Å². The van der Waals surface area contributed by atoms with Gasteiger partial charge in [-0.3, -0.25) is 9.79 Å². The number of carbonyl (C=O) groups is 1. The molecular weight excluding hydrogens is 288 g/mol. The summed E-state index contributed by atoms with van der Waals surface area (Å²) in [5.41, 5.74) is -0.350. The Kier molecular flexibility index (Phi) is 10.7. The van der Waals surface area contributed by atoms with E-state index in [-0.39, 0.29) is 11.3 Å². The lowest BCUT2D eigenvalue weighted by Crippen LogP contribution is -2.43. The number of guanidine groups is 1. The van der Waals surface area contributed by atoms with Crippen LogP contribution in [-0.2, 0) is 4.79 Å². The maximum absolute atomic E-state index is 11.8. The van der Waals surface area contributed by atoms with E-state index in [0.29, 0.717) is 19.1 Å². The molecule has 1 amide bonds. The lowest BCUT2D eigenvalue weighted by molar-refractivity contribution is -0.128.